The lowest BCUT2D eigenvalue weighted by atomic mass is 10.0. The fraction of sp³-hybridized carbons (Fsp3) is 0.609. The van der Waals surface area contributed by atoms with Gasteiger partial charge in [0.15, 0.2) is 11.8 Å². The van der Waals surface area contributed by atoms with Crippen LogP contribution in [0.25, 0.3) is 0 Å². The van der Waals surface area contributed by atoms with Gasteiger partial charge in [-0.1, -0.05) is 18.6 Å². The zero-order valence-electron chi connectivity index (χ0n) is 19.3. The average Bonchev–Trinajstić information content (AvgIpc) is 3.05. The van der Waals surface area contributed by atoms with Crippen molar-refractivity contribution in [2.24, 2.45) is 4.99 Å². The molecule has 1 unspecified atom stereocenters. The SMILES string of the molecule is CCNC(=NCc1nnc2n1CCCCC2)NCC(c1ccc(F)cc1)N1CCOCC1.I. The molecule has 0 aliphatic carbocycles. The molecule has 0 bridgehead atoms. The van der Waals surface area contributed by atoms with Crippen molar-refractivity contribution in [2.75, 3.05) is 39.4 Å². The molecular weight excluding hydrogens is 536 g/mol. The first-order valence-electron chi connectivity index (χ1n) is 11.7. The normalized spacial score (nSPS) is 18.1. The number of hydrogen-bond acceptors (Lipinski definition) is 5. The van der Waals surface area contributed by atoms with Crippen LogP contribution in [0.3, 0.4) is 0 Å². The van der Waals surface area contributed by atoms with Gasteiger partial charge in [-0.3, -0.25) is 4.90 Å². The summed E-state index contributed by atoms with van der Waals surface area (Å²) in [5.41, 5.74) is 1.08. The number of ether oxygens (including phenoxy) is 1. The van der Waals surface area contributed by atoms with Crippen molar-refractivity contribution >= 4 is 29.9 Å². The van der Waals surface area contributed by atoms with Gasteiger partial charge in [0.1, 0.15) is 18.2 Å². The highest BCUT2D eigenvalue weighted by atomic mass is 127. The Morgan fingerprint density at radius 2 is 1.88 bits per heavy atom. The van der Waals surface area contributed by atoms with Crippen molar-refractivity contribution in [1.82, 2.24) is 30.3 Å². The van der Waals surface area contributed by atoms with Crippen LogP contribution in [0.5, 0.6) is 0 Å². The van der Waals surface area contributed by atoms with E-state index in [1.54, 1.807) is 0 Å². The number of rotatable bonds is 7. The summed E-state index contributed by atoms with van der Waals surface area (Å²) in [5, 5.41) is 15.6. The zero-order chi connectivity index (χ0) is 22.2. The molecule has 8 nitrogen and oxygen atoms in total. The summed E-state index contributed by atoms with van der Waals surface area (Å²) in [4.78, 5) is 7.17. The van der Waals surface area contributed by atoms with E-state index in [-0.39, 0.29) is 35.8 Å². The maximum absolute atomic E-state index is 13.5. The van der Waals surface area contributed by atoms with Crippen LogP contribution in [0.1, 0.15) is 49.4 Å². The summed E-state index contributed by atoms with van der Waals surface area (Å²) in [6, 6.07) is 6.89. The maximum Gasteiger partial charge on any atom is 0.191 e. The summed E-state index contributed by atoms with van der Waals surface area (Å²) in [7, 11) is 0. The monoisotopic (exact) mass is 571 g/mol. The molecule has 33 heavy (non-hydrogen) atoms. The highest BCUT2D eigenvalue weighted by molar-refractivity contribution is 14.0. The van der Waals surface area contributed by atoms with Gasteiger partial charge in [0.25, 0.3) is 0 Å². The first kappa shape index (κ1) is 25.8. The molecule has 0 radical (unpaired) electrons. The second-order valence-electron chi connectivity index (χ2n) is 8.29. The molecule has 2 aliphatic heterocycles. The van der Waals surface area contributed by atoms with Crippen LogP contribution in [0.2, 0.25) is 0 Å². The molecule has 2 aromatic rings. The van der Waals surface area contributed by atoms with E-state index in [1.807, 2.05) is 12.1 Å². The van der Waals surface area contributed by atoms with Crippen molar-refractivity contribution in [3.8, 4) is 0 Å². The Kier molecular flexibility index (Phi) is 10.3. The highest BCUT2D eigenvalue weighted by Crippen LogP contribution is 2.22. The van der Waals surface area contributed by atoms with Gasteiger partial charge in [-0.05, 0) is 37.5 Å². The van der Waals surface area contributed by atoms with Gasteiger partial charge in [-0.25, -0.2) is 9.38 Å². The number of nitrogens with zero attached hydrogens (tertiary/aromatic N) is 5. The van der Waals surface area contributed by atoms with Crippen molar-refractivity contribution < 1.29 is 9.13 Å². The fourth-order valence-electron chi connectivity index (χ4n) is 4.38. The number of halogens is 2. The van der Waals surface area contributed by atoms with E-state index in [0.717, 1.165) is 55.8 Å². The van der Waals surface area contributed by atoms with Crippen LogP contribution in [0.4, 0.5) is 4.39 Å². The minimum Gasteiger partial charge on any atom is -0.379 e. The van der Waals surface area contributed by atoms with Crippen LogP contribution in [0, 0.1) is 5.82 Å². The second kappa shape index (κ2) is 13.2. The molecule has 0 amide bonds. The maximum atomic E-state index is 13.5. The van der Waals surface area contributed by atoms with Crippen LogP contribution in [0.15, 0.2) is 29.3 Å². The molecule has 2 N–H and O–H groups in total. The average molecular weight is 571 g/mol. The number of guanidine groups is 1. The molecule has 1 aromatic heterocycles. The molecule has 3 heterocycles. The third-order valence-corrected chi connectivity index (χ3v) is 6.11. The Hall–Kier alpha value is -1.79. The van der Waals surface area contributed by atoms with E-state index in [4.69, 9.17) is 9.73 Å². The van der Waals surface area contributed by atoms with E-state index in [0.29, 0.717) is 26.3 Å². The molecule has 182 valence electrons. The van der Waals surface area contributed by atoms with E-state index in [9.17, 15) is 4.39 Å². The fourth-order valence-corrected chi connectivity index (χ4v) is 4.38. The van der Waals surface area contributed by atoms with Gasteiger partial charge in [0, 0.05) is 39.1 Å². The number of nitrogens with one attached hydrogen (secondary N) is 2. The number of aromatic nitrogens is 3. The first-order chi connectivity index (χ1) is 15.7. The van der Waals surface area contributed by atoms with Crippen LogP contribution >= 0.6 is 24.0 Å². The predicted octanol–water partition coefficient (Wildman–Crippen LogP) is 2.89. The minimum atomic E-state index is -0.218. The van der Waals surface area contributed by atoms with E-state index < -0.39 is 0 Å². The number of morpholine rings is 1. The lowest BCUT2D eigenvalue weighted by Crippen LogP contribution is -2.46. The number of hydrogen-bond donors (Lipinski definition) is 2. The Morgan fingerprint density at radius 1 is 1.09 bits per heavy atom. The molecule has 1 aromatic carbocycles. The van der Waals surface area contributed by atoms with Gasteiger partial charge in [-0.2, -0.15) is 0 Å². The topological polar surface area (TPSA) is 79.6 Å². The molecule has 0 spiro atoms. The smallest absolute Gasteiger partial charge is 0.191 e. The number of aryl methyl sites for hydroxylation is 1. The summed E-state index contributed by atoms with van der Waals surface area (Å²) in [6.07, 6.45) is 4.58. The van der Waals surface area contributed by atoms with E-state index in [1.165, 1.54) is 31.4 Å². The van der Waals surface area contributed by atoms with Gasteiger partial charge in [0.05, 0.1) is 19.3 Å². The van der Waals surface area contributed by atoms with Crippen molar-refractivity contribution in [3.05, 3.63) is 47.3 Å². The summed E-state index contributed by atoms with van der Waals surface area (Å²) in [5.74, 6) is 2.53. The third kappa shape index (κ3) is 7.10. The first-order valence-corrected chi connectivity index (χ1v) is 11.7. The summed E-state index contributed by atoms with van der Waals surface area (Å²) < 4.78 is 21.3. The number of benzene rings is 1. The predicted molar refractivity (Wildman–Crippen MR) is 137 cm³/mol. The second-order valence-corrected chi connectivity index (χ2v) is 8.29. The molecule has 1 saturated heterocycles. The molecule has 0 saturated carbocycles. The van der Waals surface area contributed by atoms with Crippen LogP contribution in [-0.4, -0.2) is 65.0 Å². The molecule has 10 heteroatoms. The van der Waals surface area contributed by atoms with Crippen molar-refractivity contribution in [3.63, 3.8) is 0 Å². The Labute approximate surface area is 212 Å². The number of fused-ring (bicyclic) bond motifs is 1. The van der Waals surface area contributed by atoms with E-state index in [2.05, 4.69) is 37.2 Å². The molecular formula is C23H35FIN7O. The minimum absolute atomic E-state index is 0. The molecule has 4 rings (SSSR count). The van der Waals surface area contributed by atoms with Gasteiger partial charge >= 0.3 is 0 Å². The van der Waals surface area contributed by atoms with Crippen LogP contribution < -0.4 is 10.6 Å². The highest BCUT2D eigenvalue weighted by Gasteiger charge is 2.23. The molecule has 2 aliphatic rings. The number of aliphatic imine (C=N–C) groups is 1. The third-order valence-electron chi connectivity index (χ3n) is 6.11. The standard InChI is InChI=1S/C23H34FN7O.HI/c1-2-25-23(27-17-22-29-28-21-6-4-3-5-11-31(21)22)26-16-20(30-12-14-32-15-13-30)18-7-9-19(24)10-8-18;/h7-10,20H,2-6,11-17H2,1H3,(H2,25,26,27);1H. The van der Waals surface area contributed by atoms with Gasteiger partial charge in [-0.15, -0.1) is 34.2 Å². The lowest BCUT2D eigenvalue weighted by Gasteiger charge is -2.35. The quantitative estimate of drug-likeness (QED) is 0.303. The Morgan fingerprint density at radius 3 is 2.64 bits per heavy atom. The van der Waals surface area contributed by atoms with Crippen molar-refractivity contribution in [2.45, 2.75) is 51.7 Å². The van der Waals surface area contributed by atoms with Gasteiger partial charge < -0.3 is 19.9 Å². The van der Waals surface area contributed by atoms with Crippen LogP contribution in [-0.2, 0) is 24.2 Å². The van der Waals surface area contributed by atoms with Gasteiger partial charge in [0.2, 0.25) is 0 Å². The Bertz CT molecular complexity index is 883. The largest absolute Gasteiger partial charge is 0.379 e. The van der Waals surface area contributed by atoms with E-state index >= 15 is 0 Å². The summed E-state index contributed by atoms with van der Waals surface area (Å²) >= 11 is 0. The van der Waals surface area contributed by atoms with Crippen molar-refractivity contribution in [1.29, 1.82) is 0 Å². The molecule has 1 atom stereocenters. The summed E-state index contributed by atoms with van der Waals surface area (Å²) in [6.45, 7) is 8.07. The lowest BCUT2D eigenvalue weighted by molar-refractivity contribution is 0.0170. The molecule has 1 fully saturated rings. The zero-order valence-corrected chi connectivity index (χ0v) is 21.6. The Balaban J connectivity index is 0.00000306.